The van der Waals surface area contributed by atoms with Crippen LogP contribution in [-0.2, 0) is 11.3 Å². The molecule has 3 rings (SSSR count). The maximum absolute atomic E-state index is 13.0. The molecule has 3 aromatic rings. The number of likely N-dealkylation sites (N-methyl/N-ethyl adjacent to an activating group) is 1. The number of carbonyl (C=O) groups is 1. The second-order valence-electron chi connectivity index (χ2n) is 6.04. The Morgan fingerprint density at radius 1 is 1.19 bits per heavy atom. The molecule has 0 aliphatic rings. The van der Waals surface area contributed by atoms with E-state index in [0.29, 0.717) is 23.9 Å². The second kappa shape index (κ2) is 8.44. The Labute approximate surface area is 156 Å². The zero-order valence-corrected chi connectivity index (χ0v) is 15.1. The largest absolute Gasteiger partial charge is 0.481 e. The highest BCUT2D eigenvalue weighted by Gasteiger charge is 2.24. The maximum Gasteiger partial charge on any atom is 0.263 e. The monoisotopic (exact) mass is 369 g/mol. The van der Waals surface area contributed by atoms with Gasteiger partial charge in [-0.2, -0.15) is 4.98 Å². The smallest absolute Gasteiger partial charge is 0.263 e. The summed E-state index contributed by atoms with van der Waals surface area (Å²) in [7, 11) is 1.64. The van der Waals surface area contributed by atoms with Crippen LogP contribution in [0.15, 0.2) is 59.1 Å². The molecule has 140 valence electrons. The number of hydrogen-bond donors (Lipinski definition) is 0. The van der Waals surface area contributed by atoms with E-state index in [0.717, 1.165) is 5.56 Å². The zero-order valence-electron chi connectivity index (χ0n) is 15.1. The van der Waals surface area contributed by atoms with E-state index in [2.05, 4.69) is 10.1 Å². The Kier molecular flexibility index (Phi) is 5.80. The van der Waals surface area contributed by atoms with Crippen molar-refractivity contribution >= 4 is 5.91 Å². The summed E-state index contributed by atoms with van der Waals surface area (Å²) < 4.78 is 23.9. The molecule has 0 aliphatic heterocycles. The van der Waals surface area contributed by atoms with Gasteiger partial charge in [0.1, 0.15) is 11.6 Å². The van der Waals surface area contributed by atoms with Crippen molar-refractivity contribution < 1.29 is 18.4 Å². The molecule has 0 N–H and O–H groups in total. The lowest BCUT2D eigenvalue weighted by atomic mass is 10.2. The molecule has 0 aliphatic carbocycles. The van der Waals surface area contributed by atoms with E-state index < -0.39 is 6.10 Å². The van der Waals surface area contributed by atoms with Gasteiger partial charge in [-0.3, -0.25) is 4.79 Å². The van der Waals surface area contributed by atoms with Gasteiger partial charge in [0, 0.05) is 12.6 Å². The van der Waals surface area contributed by atoms with Crippen LogP contribution in [0.5, 0.6) is 5.75 Å². The van der Waals surface area contributed by atoms with Gasteiger partial charge in [0.2, 0.25) is 11.7 Å². The van der Waals surface area contributed by atoms with Crippen molar-refractivity contribution in [2.75, 3.05) is 7.05 Å². The first-order valence-corrected chi connectivity index (χ1v) is 8.62. The van der Waals surface area contributed by atoms with Crippen molar-refractivity contribution in [3.8, 4) is 17.1 Å². The lowest BCUT2D eigenvalue weighted by Crippen LogP contribution is -2.39. The van der Waals surface area contributed by atoms with Crippen molar-refractivity contribution in [2.24, 2.45) is 0 Å². The first-order valence-electron chi connectivity index (χ1n) is 8.62. The van der Waals surface area contributed by atoms with Gasteiger partial charge >= 0.3 is 0 Å². The standard InChI is InChI=1S/C20H20FN3O3/c1-3-17(26-16-11-9-15(21)10-12-16)20(25)24(2)13-18-22-19(23-27-18)14-7-5-4-6-8-14/h4-12,17H,3,13H2,1-2H3/t17-/m0/s1. The molecule has 27 heavy (non-hydrogen) atoms. The predicted molar refractivity (Wildman–Crippen MR) is 97.3 cm³/mol. The molecule has 0 fully saturated rings. The third kappa shape index (κ3) is 4.69. The number of rotatable bonds is 7. The summed E-state index contributed by atoms with van der Waals surface area (Å²) in [5.41, 5.74) is 0.840. The van der Waals surface area contributed by atoms with Crippen molar-refractivity contribution in [1.29, 1.82) is 0 Å². The summed E-state index contributed by atoms with van der Waals surface area (Å²) in [6.07, 6.45) is -0.211. The number of carbonyl (C=O) groups excluding carboxylic acids is 1. The summed E-state index contributed by atoms with van der Waals surface area (Å²) >= 11 is 0. The zero-order chi connectivity index (χ0) is 19.2. The highest BCUT2D eigenvalue weighted by Crippen LogP contribution is 2.18. The highest BCUT2D eigenvalue weighted by molar-refractivity contribution is 5.80. The number of halogens is 1. The number of aromatic nitrogens is 2. The van der Waals surface area contributed by atoms with Crippen LogP contribution in [0.4, 0.5) is 4.39 Å². The van der Waals surface area contributed by atoms with E-state index in [1.807, 2.05) is 37.3 Å². The highest BCUT2D eigenvalue weighted by atomic mass is 19.1. The number of hydrogen-bond acceptors (Lipinski definition) is 5. The molecular formula is C20H20FN3O3. The molecule has 0 radical (unpaired) electrons. The van der Waals surface area contributed by atoms with Gasteiger partial charge in [0.05, 0.1) is 6.54 Å². The lowest BCUT2D eigenvalue weighted by molar-refractivity contribution is -0.138. The number of ether oxygens (including phenoxy) is 1. The van der Waals surface area contributed by atoms with E-state index in [1.165, 1.54) is 29.2 Å². The molecule has 1 heterocycles. The average molecular weight is 369 g/mol. The average Bonchev–Trinajstić information content (AvgIpc) is 3.16. The van der Waals surface area contributed by atoms with Crippen LogP contribution < -0.4 is 4.74 Å². The topological polar surface area (TPSA) is 68.5 Å². The van der Waals surface area contributed by atoms with E-state index in [4.69, 9.17) is 9.26 Å². The number of nitrogens with zero attached hydrogens (tertiary/aromatic N) is 3. The van der Waals surface area contributed by atoms with Crippen molar-refractivity contribution in [1.82, 2.24) is 15.0 Å². The normalized spacial score (nSPS) is 11.8. The van der Waals surface area contributed by atoms with Gasteiger partial charge in [-0.05, 0) is 30.7 Å². The first kappa shape index (κ1) is 18.6. The molecule has 1 aromatic heterocycles. The van der Waals surface area contributed by atoms with Crippen LogP contribution >= 0.6 is 0 Å². The van der Waals surface area contributed by atoms with Gasteiger partial charge in [-0.1, -0.05) is 42.4 Å². The minimum Gasteiger partial charge on any atom is -0.481 e. The second-order valence-corrected chi connectivity index (χ2v) is 6.04. The van der Waals surface area contributed by atoms with Gasteiger partial charge in [-0.15, -0.1) is 0 Å². The van der Waals surface area contributed by atoms with Gasteiger partial charge in [0.25, 0.3) is 5.91 Å². The molecule has 0 bridgehead atoms. The third-order valence-corrected chi connectivity index (χ3v) is 3.99. The van der Waals surface area contributed by atoms with Crippen LogP contribution in [0.1, 0.15) is 19.2 Å². The van der Waals surface area contributed by atoms with Crippen LogP contribution in [0.3, 0.4) is 0 Å². The maximum atomic E-state index is 13.0. The van der Waals surface area contributed by atoms with Gasteiger partial charge in [0.15, 0.2) is 6.10 Å². The molecule has 1 atom stereocenters. The fraction of sp³-hybridized carbons (Fsp3) is 0.250. The van der Waals surface area contributed by atoms with Crippen molar-refractivity contribution in [3.63, 3.8) is 0 Å². The van der Waals surface area contributed by atoms with Crippen LogP contribution in [0.25, 0.3) is 11.4 Å². The molecular weight excluding hydrogens is 349 g/mol. The molecule has 0 saturated carbocycles. The Hall–Kier alpha value is -3.22. The summed E-state index contributed by atoms with van der Waals surface area (Å²) in [4.78, 5) is 18.5. The van der Waals surface area contributed by atoms with Crippen molar-refractivity contribution in [3.05, 3.63) is 66.3 Å². The quantitative estimate of drug-likeness (QED) is 0.635. The predicted octanol–water partition coefficient (Wildman–Crippen LogP) is 3.69. The minimum atomic E-state index is -0.683. The molecule has 0 spiro atoms. The Balaban J connectivity index is 1.64. The molecule has 6 nitrogen and oxygen atoms in total. The van der Waals surface area contributed by atoms with E-state index in [-0.39, 0.29) is 18.3 Å². The van der Waals surface area contributed by atoms with E-state index in [9.17, 15) is 9.18 Å². The van der Waals surface area contributed by atoms with Crippen molar-refractivity contribution in [2.45, 2.75) is 26.0 Å². The number of benzene rings is 2. The molecule has 1 amide bonds. The molecule has 2 aromatic carbocycles. The molecule has 7 heteroatoms. The van der Waals surface area contributed by atoms with E-state index in [1.54, 1.807) is 7.05 Å². The van der Waals surface area contributed by atoms with Gasteiger partial charge in [-0.25, -0.2) is 4.39 Å². The summed E-state index contributed by atoms with van der Waals surface area (Å²) in [5, 5.41) is 3.95. The fourth-order valence-corrected chi connectivity index (χ4v) is 2.54. The van der Waals surface area contributed by atoms with Gasteiger partial charge < -0.3 is 14.2 Å². The van der Waals surface area contributed by atoms with Crippen LogP contribution in [0, 0.1) is 5.82 Å². The minimum absolute atomic E-state index is 0.169. The van der Waals surface area contributed by atoms with Crippen LogP contribution in [-0.4, -0.2) is 34.1 Å². The summed E-state index contributed by atoms with van der Waals surface area (Å²) in [6, 6.07) is 15.0. The summed E-state index contributed by atoms with van der Waals surface area (Å²) in [5.74, 6) is 0.669. The Morgan fingerprint density at radius 2 is 1.89 bits per heavy atom. The Morgan fingerprint density at radius 3 is 2.56 bits per heavy atom. The Bertz CT molecular complexity index is 881. The number of amides is 1. The SMILES string of the molecule is CC[C@H](Oc1ccc(F)cc1)C(=O)N(C)Cc1nc(-c2ccccc2)no1. The molecule has 0 unspecified atom stereocenters. The van der Waals surface area contributed by atoms with Crippen LogP contribution in [0.2, 0.25) is 0 Å². The lowest BCUT2D eigenvalue weighted by Gasteiger charge is -2.22. The fourth-order valence-electron chi connectivity index (χ4n) is 2.54. The third-order valence-electron chi connectivity index (χ3n) is 3.99. The summed E-state index contributed by atoms with van der Waals surface area (Å²) in [6.45, 7) is 2.02. The first-order chi connectivity index (χ1) is 13.1. The van der Waals surface area contributed by atoms with E-state index >= 15 is 0 Å². The molecule has 0 saturated heterocycles.